The molecule has 1 N–H and O–H groups in total. The molecule has 72 valence electrons. The number of hydrogen-bond acceptors (Lipinski definition) is 3. The lowest BCUT2D eigenvalue weighted by Crippen LogP contribution is -1.98. The van der Waals surface area contributed by atoms with Gasteiger partial charge in [-0.15, -0.1) is 0 Å². The molecule has 0 radical (unpaired) electrons. The minimum Gasteiger partial charge on any atom is -0.478 e. The van der Waals surface area contributed by atoms with E-state index in [-0.39, 0.29) is 0 Å². The Morgan fingerprint density at radius 2 is 2.14 bits per heavy atom. The topological polar surface area (TPSA) is 37.3 Å². The van der Waals surface area contributed by atoms with Gasteiger partial charge in [0.15, 0.2) is 0 Å². The molecule has 2 rings (SSSR count). The summed E-state index contributed by atoms with van der Waals surface area (Å²) in [5, 5.41) is 16.5. The number of rotatable bonds is 3. The molecule has 0 fully saturated rings. The van der Waals surface area contributed by atoms with E-state index in [0.717, 1.165) is 5.56 Å². The van der Waals surface area contributed by atoms with Crippen LogP contribution >= 0.6 is 22.7 Å². The first-order valence-electron chi connectivity index (χ1n) is 4.07. The summed E-state index contributed by atoms with van der Waals surface area (Å²) in [7, 11) is 0. The SMILES string of the molecule is O=C(O)c1cscc1Cc1ccsc1. The minimum atomic E-state index is -0.837. The number of thiophene rings is 2. The van der Waals surface area contributed by atoms with Gasteiger partial charge in [0.05, 0.1) is 5.56 Å². The molecule has 2 heterocycles. The first-order chi connectivity index (χ1) is 6.77. The molecule has 0 aliphatic heterocycles. The van der Waals surface area contributed by atoms with Crippen molar-refractivity contribution in [2.24, 2.45) is 0 Å². The van der Waals surface area contributed by atoms with Gasteiger partial charge in [0.1, 0.15) is 0 Å². The average molecular weight is 224 g/mol. The minimum absolute atomic E-state index is 0.432. The van der Waals surface area contributed by atoms with Crippen LogP contribution in [0, 0.1) is 0 Å². The van der Waals surface area contributed by atoms with E-state index in [4.69, 9.17) is 5.11 Å². The predicted molar refractivity (Wildman–Crippen MR) is 58.4 cm³/mol. The molecule has 2 aromatic heterocycles. The fourth-order valence-corrected chi connectivity index (χ4v) is 2.76. The highest BCUT2D eigenvalue weighted by Crippen LogP contribution is 2.20. The van der Waals surface area contributed by atoms with E-state index < -0.39 is 5.97 Å². The fourth-order valence-electron chi connectivity index (χ4n) is 1.26. The third kappa shape index (κ3) is 1.86. The molecule has 0 aliphatic rings. The van der Waals surface area contributed by atoms with Gasteiger partial charge in [0.25, 0.3) is 0 Å². The van der Waals surface area contributed by atoms with Crippen LogP contribution < -0.4 is 0 Å². The van der Waals surface area contributed by atoms with E-state index in [1.165, 1.54) is 16.9 Å². The maximum Gasteiger partial charge on any atom is 0.336 e. The van der Waals surface area contributed by atoms with E-state index in [9.17, 15) is 4.79 Å². The summed E-state index contributed by atoms with van der Waals surface area (Å²) < 4.78 is 0. The monoisotopic (exact) mass is 224 g/mol. The van der Waals surface area contributed by atoms with Gasteiger partial charge in [-0.3, -0.25) is 0 Å². The van der Waals surface area contributed by atoms with Crippen molar-refractivity contribution in [1.29, 1.82) is 0 Å². The number of carboxylic acids is 1. The summed E-state index contributed by atoms with van der Waals surface area (Å²) in [5.74, 6) is -0.837. The zero-order valence-electron chi connectivity index (χ0n) is 7.27. The zero-order chi connectivity index (χ0) is 9.97. The summed E-state index contributed by atoms with van der Waals surface area (Å²) in [4.78, 5) is 10.8. The molecule has 0 spiro atoms. The van der Waals surface area contributed by atoms with E-state index in [1.807, 2.05) is 22.2 Å². The van der Waals surface area contributed by atoms with Crippen molar-refractivity contribution >= 4 is 28.6 Å². The van der Waals surface area contributed by atoms with E-state index >= 15 is 0 Å². The highest BCUT2D eigenvalue weighted by atomic mass is 32.1. The van der Waals surface area contributed by atoms with Gasteiger partial charge < -0.3 is 5.11 Å². The summed E-state index contributed by atoms with van der Waals surface area (Å²) in [6, 6.07) is 2.02. The largest absolute Gasteiger partial charge is 0.478 e. The molecule has 0 saturated heterocycles. The van der Waals surface area contributed by atoms with Gasteiger partial charge in [-0.2, -0.15) is 22.7 Å². The van der Waals surface area contributed by atoms with Crippen LogP contribution in [0.1, 0.15) is 21.5 Å². The molecule has 0 bridgehead atoms. The third-order valence-corrected chi connectivity index (χ3v) is 3.47. The molecule has 2 nitrogen and oxygen atoms in total. The van der Waals surface area contributed by atoms with Crippen molar-refractivity contribution < 1.29 is 9.90 Å². The highest BCUT2D eigenvalue weighted by Gasteiger charge is 2.11. The second kappa shape index (κ2) is 3.94. The molecule has 0 amide bonds. The van der Waals surface area contributed by atoms with Crippen molar-refractivity contribution in [3.8, 4) is 0 Å². The van der Waals surface area contributed by atoms with Crippen LogP contribution in [-0.4, -0.2) is 11.1 Å². The van der Waals surface area contributed by atoms with Crippen LogP contribution in [0.3, 0.4) is 0 Å². The van der Waals surface area contributed by atoms with Gasteiger partial charge in [0.2, 0.25) is 0 Å². The Kier molecular flexibility index (Phi) is 2.65. The van der Waals surface area contributed by atoms with Crippen LogP contribution in [0.5, 0.6) is 0 Å². The lowest BCUT2D eigenvalue weighted by molar-refractivity contribution is 0.0696. The Morgan fingerprint density at radius 3 is 2.79 bits per heavy atom. The van der Waals surface area contributed by atoms with Crippen LogP contribution in [0.25, 0.3) is 0 Å². The molecule has 4 heteroatoms. The maximum atomic E-state index is 10.8. The smallest absolute Gasteiger partial charge is 0.336 e. The Balaban J connectivity index is 2.25. The van der Waals surface area contributed by atoms with E-state index in [0.29, 0.717) is 12.0 Å². The van der Waals surface area contributed by atoms with Crippen molar-refractivity contribution in [3.05, 3.63) is 44.3 Å². The van der Waals surface area contributed by atoms with Crippen LogP contribution in [0.2, 0.25) is 0 Å². The van der Waals surface area contributed by atoms with Crippen molar-refractivity contribution in [2.45, 2.75) is 6.42 Å². The Hall–Kier alpha value is -1.13. The summed E-state index contributed by atoms with van der Waals surface area (Å²) >= 11 is 3.07. The molecule has 0 atom stereocenters. The predicted octanol–water partition coefficient (Wildman–Crippen LogP) is 3.10. The number of hydrogen-bond donors (Lipinski definition) is 1. The zero-order valence-corrected chi connectivity index (χ0v) is 8.90. The molecule has 0 unspecified atom stereocenters. The van der Waals surface area contributed by atoms with Crippen LogP contribution in [0.4, 0.5) is 0 Å². The lowest BCUT2D eigenvalue weighted by Gasteiger charge is -1.97. The average Bonchev–Trinajstić information content (AvgIpc) is 2.75. The van der Waals surface area contributed by atoms with Gasteiger partial charge in [-0.25, -0.2) is 4.79 Å². The first-order valence-corrected chi connectivity index (χ1v) is 5.95. The van der Waals surface area contributed by atoms with Crippen molar-refractivity contribution in [1.82, 2.24) is 0 Å². The highest BCUT2D eigenvalue weighted by molar-refractivity contribution is 7.08. The summed E-state index contributed by atoms with van der Waals surface area (Å²) in [5.41, 5.74) is 2.51. The summed E-state index contributed by atoms with van der Waals surface area (Å²) in [6.45, 7) is 0. The third-order valence-electron chi connectivity index (χ3n) is 1.95. The maximum absolute atomic E-state index is 10.8. The standard InChI is InChI=1S/C10H8O2S2/c11-10(12)9-6-14-5-8(9)3-7-1-2-13-4-7/h1-2,4-6H,3H2,(H,11,12). The van der Waals surface area contributed by atoms with Crippen molar-refractivity contribution in [2.75, 3.05) is 0 Å². The first kappa shape index (κ1) is 9.43. The Labute approximate surface area is 89.5 Å². The second-order valence-electron chi connectivity index (χ2n) is 2.92. The summed E-state index contributed by atoms with van der Waals surface area (Å²) in [6.07, 6.45) is 0.717. The number of carbonyl (C=O) groups is 1. The molecule has 2 aromatic rings. The van der Waals surface area contributed by atoms with Crippen LogP contribution in [-0.2, 0) is 6.42 Å². The number of aromatic carboxylic acids is 1. The fraction of sp³-hybridized carbons (Fsp3) is 0.100. The molecule has 14 heavy (non-hydrogen) atoms. The van der Waals surface area contributed by atoms with Crippen LogP contribution in [0.15, 0.2) is 27.6 Å². The second-order valence-corrected chi connectivity index (χ2v) is 4.45. The quantitative estimate of drug-likeness (QED) is 0.869. The van der Waals surface area contributed by atoms with E-state index in [2.05, 4.69) is 0 Å². The normalized spacial score (nSPS) is 10.3. The molecular formula is C10H8O2S2. The van der Waals surface area contributed by atoms with E-state index in [1.54, 1.807) is 16.7 Å². The lowest BCUT2D eigenvalue weighted by atomic mass is 10.1. The van der Waals surface area contributed by atoms with Gasteiger partial charge in [-0.1, -0.05) is 0 Å². The molecule has 0 saturated carbocycles. The van der Waals surface area contributed by atoms with Gasteiger partial charge in [0, 0.05) is 5.38 Å². The molecule has 0 aliphatic carbocycles. The molecule has 0 aromatic carbocycles. The van der Waals surface area contributed by atoms with Crippen molar-refractivity contribution in [3.63, 3.8) is 0 Å². The Morgan fingerprint density at radius 1 is 1.29 bits per heavy atom. The molecular weight excluding hydrogens is 216 g/mol. The van der Waals surface area contributed by atoms with Gasteiger partial charge >= 0.3 is 5.97 Å². The van der Waals surface area contributed by atoms with Gasteiger partial charge in [-0.05, 0) is 39.8 Å². The Bertz CT molecular complexity index is 429. The number of carboxylic acid groups (broad SMARTS) is 1.